The fourth-order valence-corrected chi connectivity index (χ4v) is 3.37. The highest BCUT2D eigenvalue weighted by molar-refractivity contribution is 7.92. The van der Waals surface area contributed by atoms with Crippen molar-refractivity contribution >= 4 is 21.7 Å². The van der Waals surface area contributed by atoms with E-state index in [1.54, 1.807) is 42.5 Å². The average molecular weight is 385 g/mol. The van der Waals surface area contributed by atoms with Crippen LogP contribution in [0.3, 0.4) is 0 Å². The Balaban J connectivity index is 2.02. The second-order valence-electron chi connectivity index (χ2n) is 6.06. The maximum Gasteiger partial charge on any atom is 0.302 e. The predicted molar refractivity (Wildman–Crippen MR) is 106 cm³/mol. The summed E-state index contributed by atoms with van der Waals surface area (Å²) in [5.41, 5.74) is 2.06. The molecule has 0 bridgehead atoms. The van der Waals surface area contributed by atoms with Crippen LogP contribution in [0.15, 0.2) is 53.4 Å². The molecule has 0 aliphatic rings. The highest BCUT2D eigenvalue weighted by atomic mass is 32.2. The fourth-order valence-electron chi connectivity index (χ4n) is 2.29. The van der Waals surface area contributed by atoms with E-state index >= 15 is 0 Å². The van der Waals surface area contributed by atoms with E-state index in [1.807, 2.05) is 13.0 Å². The molecule has 6 heteroatoms. The van der Waals surface area contributed by atoms with Crippen molar-refractivity contribution in [1.82, 2.24) is 0 Å². The van der Waals surface area contributed by atoms with Crippen molar-refractivity contribution in [1.29, 1.82) is 0 Å². The normalized spacial score (nSPS) is 10.6. The first-order valence-electron chi connectivity index (χ1n) is 8.69. The first-order chi connectivity index (χ1) is 12.9. The van der Waals surface area contributed by atoms with Crippen molar-refractivity contribution in [3.05, 3.63) is 59.7 Å². The quantitative estimate of drug-likeness (QED) is 0.446. The van der Waals surface area contributed by atoms with Gasteiger partial charge in [0.2, 0.25) is 0 Å². The smallest absolute Gasteiger partial charge is 0.302 e. The molecule has 0 heterocycles. The number of benzene rings is 2. The van der Waals surface area contributed by atoms with Crippen molar-refractivity contribution in [3.8, 4) is 11.8 Å². The maximum absolute atomic E-state index is 12.6. The molecule has 0 aliphatic carbocycles. The van der Waals surface area contributed by atoms with Crippen LogP contribution < -0.4 is 4.72 Å². The Morgan fingerprint density at radius 1 is 1.07 bits per heavy atom. The molecule has 0 aliphatic heterocycles. The molecule has 0 saturated heterocycles. The van der Waals surface area contributed by atoms with Gasteiger partial charge in [-0.25, -0.2) is 8.42 Å². The number of aryl methyl sites for hydroxylation is 1. The molecule has 2 rings (SSSR count). The zero-order chi connectivity index (χ0) is 19.7. The van der Waals surface area contributed by atoms with E-state index in [9.17, 15) is 13.2 Å². The summed E-state index contributed by atoms with van der Waals surface area (Å²) in [5.74, 6) is 5.77. The van der Waals surface area contributed by atoms with Gasteiger partial charge < -0.3 is 4.74 Å². The monoisotopic (exact) mass is 385 g/mol. The average Bonchev–Trinajstić information content (AvgIpc) is 2.62. The molecule has 2 aromatic rings. The summed E-state index contributed by atoms with van der Waals surface area (Å²) in [6.07, 6.45) is 2.19. The number of esters is 1. The van der Waals surface area contributed by atoms with Crippen molar-refractivity contribution in [2.24, 2.45) is 0 Å². The van der Waals surface area contributed by atoms with Crippen molar-refractivity contribution in [2.45, 2.75) is 38.0 Å². The van der Waals surface area contributed by atoms with Gasteiger partial charge in [0, 0.05) is 18.9 Å². The van der Waals surface area contributed by atoms with Gasteiger partial charge in [-0.2, -0.15) is 0 Å². The molecule has 5 nitrogen and oxygen atoms in total. The molecule has 0 amide bonds. The summed E-state index contributed by atoms with van der Waals surface area (Å²) in [5, 5.41) is 0. The van der Waals surface area contributed by atoms with Crippen LogP contribution in [0.4, 0.5) is 5.69 Å². The van der Waals surface area contributed by atoms with Crippen LogP contribution in [0.5, 0.6) is 0 Å². The molecule has 27 heavy (non-hydrogen) atoms. The van der Waals surface area contributed by atoms with Crippen LogP contribution in [-0.2, 0) is 19.6 Å². The molecule has 1 N–H and O–H groups in total. The van der Waals surface area contributed by atoms with E-state index in [2.05, 4.69) is 16.6 Å². The third-order valence-electron chi connectivity index (χ3n) is 3.73. The summed E-state index contributed by atoms with van der Waals surface area (Å²) in [7, 11) is -3.67. The minimum Gasteiger partial charge on any atom is -0.466 e. The third kappa shape index (κ3) is 6.80. The van der Waals surface area contributed by atoms with Crippen LogP contribution in [0.1, 0.15) is 37.3 Å². The Hall–Kier alpha value is -2.78. The number of carbonyl (C=O) groups excluding carboxylic acids is 1. The lowest BCUT2D eigenvalue weighted by atomic mass is 10.1. The van der Waals surface area contributed by atoms with Gasteiger partial charge in [0.05, 0.1) is 17.2 Å². The van der Waals surface area contributed by atoms with Gasteiger partial charge in [-0.3, -0.25) is 9.52 Å². The van der Waals surface area contributed by atoms with Gasteiger partial charge in [-0.1, -0.05) is 41.7 Å². The number of nitrogens with one attached hydrogen (secondary N) is 1. The Morgan fingerprint density at radius 2 is 1.78 bits per heavy atom. The van der Waals surface area contributed by atoms with Crippen LogP contribution in [-0.4, -0.2) is 21.0 Å². The minimum absolute atomic E-state index is 0.210. The molecule has 0 saturated carbocycles. The van der Waals surface area contributed by atoms with Gasteiger partial charge in [0.15, 0.2) is 0 Å². The predicted octanol–water partition coefficient (Wildman–Crippen LogP) is 3.88. The SMILES string of the molecule is CC(=O)OCCCCC#Cc1ccccc1NS(=O)(=O)c1ccc(C)cc1. The number of carbonyl (C=O) groups is 1. The molecular formula is C21H23NO4S. The van der Waals surface area contributed by atoms with Crippen molar-refractivity contribution in [3.63, 3.8) is 0 Å². The summed E-state index contributed by atoms with van der Waals surface area (Å²) in [6, 6.07) is 13.7. The van der Waals surface area contributed by atoms with Gasteiger partial charge in [0.1, 0.15) is 0 Å². The maximum atomic E-state index is 12.6. The Kier molecular flexibility index (Phi) is 7.44. The number of hydrogen-bond donors (Lipinski definition) is 1. The molecular weight excluding hydrogens is 362 g/mol. The van der Waals surface area contributed by atoms with E-state index in [0.29, 0.717) is 24.3 Å². The molecule has 0 atom stereocenters. The summed E-state index contributed by atoms with van der Waals surface area (Å²) >= 11 is 0. The topological polar surface area (TPSA) is 72.5 Å². The van der Waals surface area contributed by atoms with E-state index in [1.165, 1.54) is 6.92 Å². The number of sulfonamides is 1. The summed E-state index contributed by atoms with van der Waals surface area (Å²) < 4.78 is 32.6. The second kappa shape index (κ2) is 9.79. The number of anilines is 1. The molecule has 0 fully saturated rings. The molecule has 142 valence electrons. The largest absolute Gasteiger partial charge is 0.466 e. The van der Waals surface area contributed by atoms with Gasteiger partial charge >= 0.3 is 5.97 Å². The number of rotatable bonds is 7. The Bertz CT molecular complexity index is 938. The van der Waals surface area contributed by atoms with Gasteiger partial charge in [-0.15, -0.1) is 0 Å². The summed E-state index contributed by atoms with van der Waals surface area (Å²) in [6.45, 7) is 3.68. The number of hydrogen-bond acceptors (Lipinski definition) is 4. The lowest BCUT2D eigenvalue weighted by Gasteiger charge is -2.10. The summed E-state index contributed by atoms with van der Waals surface area (Å²) in [4.78, 5) is 10.9. The highest BCUT2D eigenvalue weighted by Gasteiger charge is 2.15. The second-order valence-corrected chi connectivity index (χ2v) is 7.75. The van der Waals surface area contributed by atoms with Crippen LogP contribution >= 0.6 is 0 Å². The fraction of sp³-hybridized carbons (Fsp3) is 0.286. The Morgan fingerprint density at radius 3 is 2.48 bits per heavy atom. The van der Waals surface area contributed by atoms with E-state index in [-0.39, 0.29) is 10.9 Å². The van der Waals surface area contributed by atoms with Crippen LogP contribution in [0.25, 0.3) is 0 Å². The van der Waals surface area contributed by atoms with Crippen LogP contribution in [0.2, 0.25) is 0 Å². The van der Waals surface area contributed by atoms with Crippen molar-refractivity contribution < 1.29 is 17.9 Å². The van der Waals surface area contributed by atoms with E-state index in [0.717, 1.165) is 18.4 Å². The molecule has 0 radical (unpaired) electrons. The minimum atomic E-state index is -3.67. The Labute approximate surface area is 160 Å². The van der Waals surface area contributed by atoms with Gasteiger partial charge in [-0.05, 0) is 44.0 Å². The zero-order valence-corrected chi connectivity index (χ0v) is 16.3. The third-order valence-corrected chi connectivity index (χ3v) is 5.11. The lowest BCUT2D eigenvalue weighted by molar-refractivity contribution is -0.141. The van der Waals surface area contributed by atoms with Crippen molar-refractivity contribution in [2.75, 3.05) is 11.3 Å². The highest BCUT2D eigenvalue weighted by Crippen LogP contribution is 2.19. The number of unbranched alkanes of at least 4 members (excludes halogenated alkanes) is 2. The number of ether oxygens (including phenoxy) is 1. The lowest BCUT2D eigenvalue weighted by Crippen LogP contribution is -2.13. The number of para-hydroxylation sites is 1. The van der Waals surface area contributed by atoms with E-state index < -0.39 is 10.0 Å². The molecule has 0 unspecified atom stereocenters. The molecule has 0 aromatic heterocycles. The first-order valence-corrected chi connectivity index (χ1v) is 10.2. The first kappa shape index (κ1) is 20.5. The van der Waals surface area contributed by atoms with E-state index in [4.69, 9.17) is 4.74 Å². The molecule has 0 spiro atoms. The van der Waals surface area contributed by atoms with Crippen LogP contribution in [0, 0.1) is 18.8 Å². The van der Waals surface area contributed by atoms with Gasteiger partial charge in [0.25, 0.3) is 10.0 Å². The zero-order valence-electron chi connectivity index (χ0n) is 15.5. The molecule has 2 aromatic carbocycles. The standard InChI is InChI=1S/C21H23NO4S/c1-17-12-14-20(15-13-17)27(24,25)22-21-11-7-6-10-19(21)9-5-3-4-8-16-26-18(2)23/h6-7,10-15,22H,3-4,8,16H2,1-2H3.